The Morgan fingerprint density at radius 1 is 1.56 bits per heavy atom. The van der Waals surface area contributed by atoms with Gasteiger partial charge in [0.15, 0.2) is 5.78 Å². The van der Waals surface area contributed by atoms with E-state index in [1.54, 1.807) is 6.92 Å². The fourth-order valence-electron chi connectivity index (χ4n) is 0.641. The molecule has 0 unspecified atom stereocenters. The van der Waals surface area contributed by atoms with Crippen molar-refractivity contribution in [1.82, 2.24) is 0 Å². The van der Waals surface area contributed by atoms with Crippen LogP contribution in [0.15, 0.2) is 0 Å². The number of hydrogen-bond donors (Lipinski definition) is 1. The predicted octanol–water partition coefficient (Wildman–Crippen LogP) is 1.13. The lowest BCUT2D eigenvalue weighted by Gasteiger charge is -2.03. The summed E-state index contributed by atoms with van der Waals surface area (Å²) in [7, 11) is 0. The average molecular weight is 130 g/mol. The first-order valence-corrected chi connectivity index (χ1v) is 3.43. The van der Waals surface area contributed by atoms with E-state index in [9.17, 15) is 4.79 Å². The average Bonchev–Trinajstić information content (AvgIpc) is 1.87. The molecule has 0 heterocycles. The molecule has 0 amide bonds. The number of hydrogen-bond acceptors (Lipinski definition) is 2. The highest BCUT2D eigenvalue weighted by atomic mass is 16.3. The number of aliphatic hydroxyl groups is 1. The van der Waals surface area contributed by atoms with E-state index < -0.39 is 6.10 Å². The topological polar surface area (TPSA) is 37.3 Å². The molecule has 0 aromatic heterocycles. The van der Waals surface area contributed by atoms with Crippen LogP contribution in [0, 0.1) is 0 Å². The van der Waals surface area contributed by atoms with Gasteiger partial charge in [0.1, 0.15) is 6.10 Å². The summed E-state index contributed by atoms with van der Waals surface area (Å²) < 4.78 is 0. The number of rotatable bonds is 4. The Hall–Kier alpha value is -0.370. The van der Waals surface area contributed by atoms with Crippen molar-refractivity contribution in [2.45, 2.75) is 39.2 Å². The molecule has 0 aliphatic heterocycles. The zero-order chi connectivity index (χ0) is 7.28. The number of carbonyl (C=O) groups is 1. The van der Waals surface area contributed by atoms with Gasteiger partial charge < -0.3 is 5.11 Å². The lowest BCUT2D eigenvalue weighted by Crippen LogP contribution is -2.18. The van der Waals surface area contributed by atoms with Crippen molar-refractivity contribution in [3.8, 4) is 0 Å². The van der Waals surface area contributed by atoms with E-state index in [0.29, 0.717) is 12.8 Å². The largest absolute Gasteiger partial charge is 0.385 e. The van der Waals surface area contributed by atoms with E-state index >= 15 is 0 Å². The minimum atomic E-state index is -0.718. The Morgan fingerprint density at radius 2 is 2.11 bits per heavy atom. The van der Waals surface area contributed by atoms with Crippen molar-refractivity contribution in [1.29, 1.82) is 0 Å². The molecule has 0 aromatic carbocycles. The van der Waals surface area contributed by atoms with Crippen LogP contribution in [0.4, 0.5) is 0 Å². The van der Waals surface area contributed by atoms with Gasteiger partial charge in [-0.25, -0.2) is 0 Å². The van der Waals surface area contributed by atoms with Crippen LogP contribution in [-0.2, 0) is 4.79 Å². The molecule has 1 atom stereocenters. The summed E-state index contributed by atoms with van der Waals surface area (Å²) in [6, 6.07) is 0. The standard InChI is InChI=1S/C7H14O2/c1-3-5-7(9)6(8)4-2/h6,8H,3-5H2,1-2H3/t6-/m1/s1. The van der Waals surface area contributed by atoms with Crippen molar-refractivity contribution >= 4 is 5.78 Å². The third kappa shape index (κ3) is 3.25. The monoisotopic (exact) mass is 130 g/mol. The molecular weight excluding hydrogens is 116 g/mol. The van der Waals surface area contributed by atoms with E-state index in [-0.39, 0.29) is 5.78 Å². The first-order valence-electron chi connectivity index (χ1n) is 3.43. The van der Waals surface area contributed by atoms with Crippen LogP contribution in [-0.4, -0.2) is 17.0 Å². The maximum absolute atomic E-state index is 10.7. The molecule has 0 rings (SSSR count). The Morgan fingerprint density at radius 3 is 2.44 bits per heavy atom. The normalized spacial score (nSPS) is 13.2. The first-order chi connectivity index (χ1) is 4.22. The number of ketones is 1. The van der Waals surface area contributed by atoms with Gasteiger partial charge in [0, 0.05) is 6.42 Å². The molecule has 0 fully saturated rings. The Balaban J connectivity index is 3.46. The van der Waals surface area contributed by atoms with E-state index in [1.165, 1.54) is 0 Å². The molecule has 0 saturated heterocycles. The first kappa shape index (κ1) is 8.63. The van der Waals surface area contributed by atoms with Gasteiger partial charge in [-0.3, -0.25) is 4.79 Å². The highest BCUT2D eigenvalue weighted by molar-refractivity contribution is 5.82. The SMILES string of the molecule is CCCC(=O)[C@H](O)CC. The predicted molar refractivity (Wildman–Crippen MR) is 36.2 cm³/mol. The summed E-state index contributed by atoms with van der Waals surface area (Å²) in [6.45, 7) is 3.73. The third-order valence-corrected chi connectivity index (χ3v) is 1.25. The van der Waals surface area contributed by atoms with Crippen molar-refractivity contribution in [3.63, 3.8) is 0 Å². The van der Waals surface area contributed by atoms with Crippen LogP contribution < -0.4 is 0 Å². The Kier molecular flexibility index (Phi) is 4.32. The highest BCUT2D eigenvalue weighted by Crippen LogP contribution is 1.97. The number of carbonyl (C=O) groups excluding carboxylic acids is 1. The molecule has 9 heavy (non-hydrogen) atoms. The zero-order valence-electron chi connectivity index (χ0n) is 6.05. The molecule has 2 nitrogen and oxygen atoms in total. The summed E-state index contributed by atoms with van der Waals surface area (Å²) in [6.07, 6.45) is 1.16. The lowest BCUT2D eigenvalue weighted by atomic mass is 10.1. The molecule has 0 aromatic rings. The molecule has 0 saturated carbocycles. The van der Waals surface area contributed by atoms with Crippen molar-refractivity contribution in [2.24, 2.45) is 0 Å². The van der Waals surface area contributed by atoms with Gasteiger partial charge in [0.25, 0.3) is 0 Å². The van der Waals surface area contributed by atoms with Crippen LogP contribution in [0.3, 0.4) is 0 Å². The second kappa shape index (κ2) is 4.50. The van der Waals surface area contributed by atoms with Crippen LogP contribution in [0.25, 0.3) is 0 Å². The molecule has 0 aliphatic carbocycles. The Bertz CT molecular complexity index is 88.9. The summed E-state index contributed by atoms with van der Waals surface area (Å²) in [5.41, 5.74) is 0. The van der Waals surface area contributed by atoms with Gasteiger partial charge in [-0.2, -0.15) is 0 Å². The smallest absolute Gasteiger partial charge is 0.161 e. The molecule has 0 spiro atoms. The minimum absolute atomic E-state index is 0.0278. The van der Waals surface area contributed by atoms with Crippen molar-refractivity contribution < 1.29 is 9.90 Å². The van der Waals surface area contributed by atoms with E-state index in [2.05, 4.69) is 0 Å². The van der Waals surface area contributed by atoms with Crippen LogP contribution >= 0.6 is 0 Å². The quantitative estimate of drug-likeness (QED) is 0.619. The van der Waals surface area contributed by atoms with Crippen molar-refractivity contribution in [3.05, 3.63) is 0 Å². The summed E-state index contributed by atoms with van der Waals surface area (Å²) in [5, 5.41) is 8.91. The molecule has 0 aliphatic rings. The molecule has 54 valence electrons. The second-order valence-corrected chi connectivity index (χ2v) is 2.14. The van der Waals surface area contributed by atoms with E-state index in [4.69, 9.17) is 5.11 Å². The van der Waals surface area contributed by atoms with Gasteiger partial charge in [0.2, 0.25) is 0 Å². The third-order valence-electron chi connectivity index (χ3n) is 1.25. The summed E-state index contributed by atoms with van der Waals surface area (Å²) >= 11 is 0. The summed E-state index contributed by atoms with van der Waals surface area (Å²) in [5.74, 6) is -0.0278. The number of aliphatic hydroxyl groups excluding tert-OH is 1. The molecular formula is C7H14O2. The summed E-state index contributed by atoms with van der Waals surface area (Å²) in [4.78, 5) is 10.7. The fraction of sp³-hybridized carbons (Fsp3) is 0.857. The maximum atomic E-state index is 10.7. The van der Waals surface area contributed by atoms with Crippen LogP contribution in [0.1, 0.15) is 33.1 Å². The second-order valence-electron chi connectivity index (χ2n) is 2.14. The minimum Gasteiger partial charge on any atom is -0.385 e. The van der Waals surface area contributed by atoms with Gasteiger partial charge in [0.05, 0.1) is 0 Å². The van der Waals surface area contributed by atoms with Gasteiger partial charge >= 0.3 is 0 Å². The van der Waals surface area contributed by atoms with Crippen molar-refractivity contribution in [2.75, 3.05) is 0 Å². The van der Waals surface area contributed by atoms with E-state index in [1.807, 2.05) is 6.92 Å². The molecule has 0 bridgehead atoms. The maximum Gasteiger partial charge on any atom is 0.161 e. The van der Waals surface area contributed by atoms with Gasteiger partial charge in [-0.1, -0.05) is 13.8 Å². The molecule has 0 radical (unpaired) electrons. The highest BCUT2D eigenvalue weighted by Gasteiger charge is 2.09. The Labute approximate surface area is 55.9 Å². The van der Waals surface area contributed by atoms with Crippen LogP contribution in [0.2, 0.25) is 0 Å². The van der Waals surface area contributed by atoms with Gasteiger partial charge in [-0.15, -0.1) is 0 Å². The van der Waals surface area contributed by atoms with Crippen LogP contribution in [0.5, 0.6) is 0 Å². The van der Waals surface area contributed by atoms with E-state index in [0.717, 1.165) is 6.42 Å². The number of Topliss-reactive ketones (excluding diaryl/α,β-unsaturated/α-hetero) is 1. The molecule has 1 N–H and O–H groups in total. The zero-order valence-corrected chi connectivity index (χ0v) is 6.05. The fourth-order valence-corrected chi connectivity index (χ4v) is 0.641. The van der Waals surface area contributed by atoms with Gasteiger partial charge in [-0.05, 0) is 12.8 Å². The molecule has 2 heteroatoms. The lowest BCUT2D eigenvalue weighted by molar-refractivity contribution is -0.127.